The van der Waals surface area contributed by atoms with Crippen molar-refractivity contribution >= 4 is 22.9 Å². The number of likely N-dealkylation sites (tertiary alicyclic amines) is 1. The molecule has 4 rings (SSSR count). The van der Waals surface area contributed by atoms with Crippen LogP contribution in [0.15, 0.2) is 36.8 Å². The van der Waals surface area contributed by atoms with Crippen LogP contribution in [-0.4, -0.2) is 57.0 Å². The molecule has 0 aliphatic carbocycles. The van der Waals surface area contributed by atoms with E-state index in [1.165, 1.54) is 11.2 Å². The van der Waals surface area contributed by atoms with Gasteiger partial charge in [0, 0.05) is 19.0 Å². The van der Waals surface area contributed by atoms with Crippen molar-refractivity contribution in [2.24, 2.45) is 5.92 Å². The molecular formula is C20H23FN6O2. The minimum atomic E-state index is -1.13. The Kier molecular flexibility index (Phi) is 5.55. The topological polar surface area (TPSA) is 96.0 Å². The minimum absolute atomic E-state index is 0.0317. The number of halogens is 1. The number of aryl methyl sites for hydroxylation is 1. The quantitative estimate of drug-likeness (QED) is 0.686. The average Bonchev–Trinajstić information content (AvgIpc) is 3.22. The maximum Gasteiger partial charge on any atom is 0.410 e. The largest absolute Gasteiger partial charge is 0.445 e. The fourth-order valence-electron chi connectivity index (χ4n) is 3.40. The summed E-state index contributed by atoms with van der Waals surface area (Å²) in [4.78, 5) is 22.0. The summed E-state index contributed by atoms with van der Waals surface area (Å²) in [5, 5.41) is 10.7. The highest BCUT2D eigenvalue weighted by molar-refractivity contribution is 5.85. The van der Waals surface area contributed by atoms with Crippen LogP contribution >= 0.6 is 0 Å². The Morgan fingerprint density at radius 3 is 2.97 bits per heavy atom. The number of carbonyl (C=O) groups is 1. The number of hydrogen-bond acceptors (Lipinski definition) is 6. The Labute approximate surface area is 167 Å². The zero-order valence-electron chi connectivity index (χ0n) is 16.1. The SMILES string of the molecule is Cc1ccc(COC(=O)N2CC[C@H](CNc3ncnc4[nH]ncc34)C(F)C2)cc1. The maximum atomic E-state index is 14.7. The second kappa shape index (κ2) is 8.42. The third kappa shape index (κ3) is 4.44. The molecule has 2 aromatic heterocycles. The molecule has 1 unspecified atom stereocenters. The Bertz CT molecular complexity index is 977. The number of carbonyl (C=O) groups excluding carboxylic acids is 1. The summed E-state index contributed by atoms with van der Waals surface area (Å²) in [7, 11) is 0. The highest BCUT2D eigenvalue weighted by Crippen LogP contribution is 2.23. The molecule has 0 saturated carbocycles. The number of piperidine rings is 1. The van der Waals surface area contributed by atoms with Gasteiger partial charge in [-0.2, -0.15) is 5.10 Å². The molecule has 152 valence electrons. The monoisotopic (exact) mass is 398 g/mol. The first-order valence-electron chi connectivity index (χ1n) is 9.59. The van der Waals surface area contributed by atoms with Crippen LogP contribution in [0.3, 0.4) is 0 Å². The van der Waals surface area contributed by atoms with E-state index in [0.29, 0.717) is 31.0 Å². The fourth-order valence-corrected chi connectivity index (χ4v) is 3.40. The second-order valence-electron chi connectivity index (χ2n) is 7.29. The van der Waals surface area contributed by atoms with Crippen LogP contribution < -0.4 is 5.32 Å². The van der Waals surface area contributed by atoms with E-state index in [1.54, 1.807) is 6.20 Å². The van der Waals surface area contributed by atoms with Gasteiger partial charge in [0.15, 0.2) is 5.65 Å². The molecule has 1 aliphatic rings. The van der Waals surface area contributed by atoms with Gasteiger partial charge in [-0.05, 0) is 18.9 Å². The average molecular weight is 398 g/mol. The molecule has 0 radical (unpaired) electrons. The molecule has 3 heterocycles. The van der Waals surface area contributed by atoms with Crippen molar-refractivity contribution in [3.05, 3.63) is 47.9 Å². The van der Waals surface area contributed by atoms with E-state index in [-0.39, 0.29) is 19.1 Å². The van der Waals surface area contributed by atoms with Crippen molar-refractivity contribution < 1.29 is 13.9 Å². The third-order valence-corrected chi connectivity index (χ3v) is 5.20. The second-order valence-corrected chi connectivity index (χ2v) is 7.29. The zero-order chi connectivity index (χ0) is 20.2. The number of aromatic amines is 1. The number of amides is 1. The number of H-pyrrole nitrogens is 1. The van der Waals surface area contributed by atoms with Gasteiger partial charge in [0.25, 0.3) is 0 Å². The van der Waals surface area contributed by atoms with Crippen molar-refractivity contribution in [2.45, 2.75) is 26.1 Å². The summed E-state index contributed by atoms with van der Waals surface area (Å²) >= 11 is 0. The van der Waals surface area contributed by atoms with E-state index < -0.39 is 12.3 Å². The zero-order valence-corrected chi connectivity index (χ0v) is 16.1. The number of ether oxygens (including phenoxy) is 1. The van der Waals surface area contributed by atoms with Gasteiger partial charge in [-0.25, -0.2) is 19.2 Å². The van der Waals surface area contributed by atoms with Gasteiger partial charge in [-0.15, -0.1) is 0 Å². The molecule has 1 amide bonds. The highest BCUT2D eigenvalue weighted by atomic mass is 19.1. The molecule has 0 spiro atoms. The molecule has 1 fully saturated rings. The Morgan fingerprint density at radius 1 is 1.34 bits per heavy atom. The number of anilines is 1. The summed E-state index contributed by atoms with van der Waals surface area (Å²) in [5.41, 5.74) is 2.69. The lowest BCUT2D eigenvalue weighted by atomic mass is 9.95. The summed E-state index contributed by atoms with van der Waals surface area (Å²) in [6, 6.07) is 7.77. The van der Waals surface area contributed by atoms with E-state index in [0.717, 1.165) is 16.5 Å². The van der Waals surface area contributed by atoms with Crippen molar-refractivity contribution in [3.63, 3.8) is 0 Å². The maximum absolute atomic E-state index is 14.7. The van der Waals surface area contributed by atoms with Crippen molar-refractivity contribution in [3.8, 4) is 0 Å². The van der Waals surface area contributed by atoms with Gasteiger partial charge in [-0.3, -0.25) is 5.10 Å². The number of nitrogens with one attached hydrogen (secondary N) is 2. The van der Waals surface area contributed by atoms with Gasteiger partial charge in [0.2, 0.25) is 0 Å². The molecule has 1 aromatic carbocycles. The molecule has 1 saturated heterocycles. The molecule has 3 aromatic rings. The number of alkyl halides is 1. The van der Waals surface area contributed by atoms with Crippen LogP contribution in [0, 0.1) is 12.8 Å². The predicted octanol–water partition coefficient (Wildman–Crippen LogP) is 3.07. The lowest BCUT2D eigenvalue weighted by Gasteiger charge is -2.34. The van der Waals surface area contributed by atoms with Crippen molar-refractivity contribution in [1.29, 1.82) is 0 Å². The summed E-state index contributed by atoms with van der Waals surface area (Å²) in [5.74, 6) is 0.406. The summed E-state index contributed by atoms with van der Waals surface area (Å²) in [6.45, 7) is 3.10. The predicted molar refractivity (Wildman–Crippen MR) is 106 cm³/mol. The lowest BCUT2D eigenvalue weighted by molar-refractivity contribution is 0.0544. The van der Waals surface area contributed by atoms with E-state index in [1.807, 2.05) is 31.2 Å². The van der Waals surface area contributed by atoms with E-state index in [9.17, 15) is 9.18 Å². The Hall–Kier alpha value is -3.23. The number of hydrogen-bond donors (Lipinski definition) is 2. The van der Waals surface area contributed by atoms with E-state index in [4.69, 9.17) is 4.74 Å². The number of rotatable bonds is 5. The number of benzene rings is 1. The van der Waals surface area contributed by atoms with Crippen LogP contribution in [0.5, 0.6) is 0 Å². The first-order valence-corrected chi connectivity index (χ1v) is 9.59. The summed E-state index contributed by atoms with van der Waals surface area (Å²) in [6.07, 6.45) is 2.01. The van der Waals surface area contributed by atoms with E-state index >= 15 is 0 Å². The van der Waals surface area contributed by atoms with Gasteiger partial charge < -0.3 is 15.0 Å². The van der Waals surface area contributed by atoms with Gasteiger partial charge >= 0.3 is 6.09 Å². The van der Waals surface area contributed by atoms with Crippen LogP contribution in [-0.2, 0) is 11.3 Å². The van der Waals surface area contributed by atoms with Gasteiger partial charge in [-0.1, -0.05) is 29.8 Å². The normalized spacial score (nSPS) is 19.3. The number of aromatic nitrogens is 4. The minimum Gasteiger partial charge on any atom is -0.445 e. The first-order chi connectivity index (χ1) is 14.1. The van der Waals surface area contributed by atoms with Gasteiger partial charge in [0.1, 0.15) is 24.9 Å². The highest BCUT2D eigenvalue weighted by Gasteiger charge is 2.32. The van der Waals surface area contributed by atoms with Crippen molar-refractivity contribution in [1.82, 2.24) is 25.1 Å². The summed E-state index contributed by atoms with van der Waals surface area (Å²) < 4.78 is 20.0. The molecule has 0 bridgehead atoms. The fraction of sp³-hybridized carbons (Fsp3) is 0.400. The molecule has 9 heteroatoms. The first kappa shape index (κ1) is 19.1. The molecule has 8 nitrogen and oxygen atoms in total. The van der Waals surface area contributed by atoms with Crippen LogP contribution in [0.4, 0.5) is 15.0 Å². The van der Waals surface area contributed by atoms with Crippen LogP contribution in [0.25, 0.3) is 11.0 Å². The Morgan fingerprint density at radius 2 is 2.17 bits per heavy atom. The van der Waals surface area contributed by atoms with Crippen molar-refractivity contribution in [2.75, 3.05) is 25.0 Å². The smallest absolute Gasteiger partial charge is 0.410 e. The molecular weight excluding hydrogens is 375 g/mol. The van der Waals surface area contributed by atoms with Crippen LogP contribution in [0.1, 0.15) is 17.5 Å². The molecule has 2 N–H and O–H groups in total. The number of fused-ring (bicyclic) bond motifs is 1. The molecule has 2 atom stereocenters. The lowest BCUT2D eigenvalue weighted by Crippen LogP contribution is -2.46. The van der Waals surface area contributed by atoms with E-state index in [2.05, 4.69) is 25.5 Å². The molecule has 29 heavy (non-hydrogen) atoms. The van der Waals surface area contributed by atoms with Gasteiger partial charge in [0.05, 0.1) is 18.1 Å². The molecule has 1 aliphatic heterocycles. The number of nitrogens with zero attached hydrogens (tertiary/aromatic N) is 4. The van der Waals surface area contributed by atoms with Crippen LogP contribution in [0.2, 0.25) is 0 Å². The Balaban J connectivity index is 1.27. The standard InChI is InChI=1S/C20H23FN6O2/c1-13-2-4-14(5-3-13)11-29-20(28)27-7-6-15(17(21)10-27)8-22-18-16-9-25-26-19(16)24-12-23-18/h2-5,9,12,15,17H,6-8,10-11H2,1H3,(H2,22,23,24,25,26)/t15-,17?/m1/s1. The third-order valence-electron chi connectivity index (χ3n) is 5.20.